The molecule has 15 nitrogen and oxygen atoms in total. The molecule has 0 radical (unpaired) electrons. The Bertz CT molecular complexity index is 1450. The van der Waals surface area contributed by atoms with Gasteiger partial charge in [0, 0.05) is 23.5 Å². The minimum absolute atomic E-state index is 0.0237. The molecule has 0 bridgehead atoms. The summed E-state index contributed by atoms with van der Waals surface area (Å²) in [7, 11) is 0. The molecule has 272 valence electrons. The number of amides is 5. The molecule has 0 unspecified atom stereocenters. The fourth-order valence-electron chi connectivity index (χ4n) is 5.04. The van der Waals surface area contributed by atoms with Crippen molar-refractivity contribution < 1.29 is 39.0 Å². The lowest BCUT2D eigenvalue weighted by Crippen LogP contribution is -2.60. The van der Waals surface area contributed by atoms with Gasteiger partial charge >= 0.3 is 5.97 Å². The number of rotatable bonds is 20. The van der Waals surface area contributed by atoms with Gasteiger partial charge in [-0.3, -0.25) is 24.0 Å². The molecule has 16 heteroatoms. The first kappa shape index (κ1) is 41.0. The van der Waals surface area contributed by atoms with Crippen molar-refractivity contribution in [3.05, 3.63) is 36.0 Å². The van der Waals surface area contributed by atoms with E-state index in [9.17, 15) is 39.0 Å². The fourth-order valence-corrected chi connectivity index (χ4v) is 5.51. The van der Waals surface area contributed by atoms with Crippen molar-refractivity contribution in [1.29, 1.82) is 0 Å². The third-order valence-corrected chi connectivity index (χ3v) is 8.48. The van der Waals surface area contributed by atoms with Crippen LogP contribution in [0.1, 0.15) is 53.0 Å². The van der Waals surface area contributed by atoms with Gasteiger partial charge < -0.3 is 47.5 Å². The molecule has 1 aromatic heterocycles. The highest BCUT2D eigenvalue weighted by Gasteiger charge is 2.33. The summed E-state index contributed by atoms with van der Waals surface area (Å²) in [5, 5.41) is 32.7. The smallest absolute Gasteiger partial charge is 0.326 e. The molecule has 0 aliphatic carbocycles. The molecule has 0 fully saturated rings. The maximum atomic E-state index is 13.7. The van der Waals surface area contributed by atoms with Crippen LogP contribution in [0.15, 0.2) is 30.5 Å². The van der Waals surface area contributed by atoms with Gasteiger partial charge in [-0.05, 0) is 55.2 Å². The van der Waals surface area contributed by atoms with Crippen LogP contribution in [-0.2, 0) is 35.2 Å². The highest BCUT2D eigenvalue weighted by molar-refractivity contribution is 7.98. The second-order valence-electron chi connectivity index (χ2n) is 12.7. The Kier molecular flexibility index (Phi) is 16.5. The lowest BCUT2D eigenvalue weighted by atomic mass is 9.99. The molecule has 2 aromatic rings. The number of para-hydroxylation sites is 1. The third-order valence-electron chi connectivity index (χ3n) is 7.83. The van der Waals surface area contributed by atoms with Crippen LogP contribution in [0.2, 0.25) is 0 Å². The first-order valence-electron chi connectivity index (χ1n) is 16.2. The SMILES string of the molecule is CSCC[C@H](NC(=O)[C@H](CO)NC(=O)[C@H](C)NC(=O)[C@H](Cc1c[nH]c2ccccc12)NC(=O)[C@@H](NC(=O)[C@@H](N)CC(C)C)C(C)C)C(=O)O. The van der Waals surface area contributed by atoms with Gasteiger partial charge in [0.05, 0.1) is 12.6 Å². The first-order chi connectivity index (χ1) is 23.1. The summed E-state index contributed by atoms with van der Waals surface area (Å²) in [6.07, 6.45) is 4.08. The molecule has 1 aromatic carbocycles. The summed E-state index contributed by atoms with van der Waals surface area (Å²) >= 11 is 1.40. The Morgan fingerprint density at radius 3 is 2.02 bits per heavy atom. The lowest BCUT2D eigenvalue weighted by Gasteiger charge is -2.27. The summed E-state index contributed by atoms with van der Waals surface area (Å²) in [5.41, 5.74) is 7.57. The molecule has 1 heterocycles. The zero-order valence-electron chi connectivity index (χ0n) is 28.9. The molecule has 6 atom stereocenters. The van der Waals surface area contributed by atoms with Gasteiger partial charge in [-0.2, -0.15) is 11.8 Å². The van der Waals surface area contributed by atoms with E-state index in [-0.39, 0.29) is 24.7 Å². The van der Waals surface area contributed by atoms with E-state index in [4.69, 9.17) is 5.73 Å². The van der Waals surface area contributed by atoms with E-state index >= 15 is 0 Å². The number of benzene rings is 1. The number of nitrogens with two attached hydrogens (primary N) is 1. The Morgan fingerprint density at radius 1 is 0.816 bits per heavy atom. The monoisotopic (exact) mass is 705 g/mol. The Hall–Kier alpha value is -4.15. The molecule has 0 aliphatic heterocycles. The summed E-state index contributed by atoms with van der Waals surface area (Å²) in [6, 6.07) is 0.418. The molecule has 5 amide bonds. The molecule has 49 heavy (non-hydrogen) atoms. The number of aliphatic hydroxyl groups excluding tert-OH is 1. The Labute approximate surface area is 290 Å². The topological polar surface area (TPSA) is 245 Å². The van der Waals surface area contributed by atoms with E-state index in [1.807, 2.05) is 38.1 Å². The molecule has 0 spiro atoms. The number of aliphatic hydroxyl groups is 1. The largest absolute Gasteiger partial charge is 0.480 e. The van der Waals surface area contributed by atoms with E-state index in [0.717, 1.165) is 10.9 Å². The second kappa shape index (κ2) is 19.7. The summed E-state index contributed by atoms with van der Waals surface area (Å²) in [5.74, 6) is -4.57. The van der Waals surface area contributed by atoms with Crippen LogP contribution < -0.4 is 32.3 Å². The number of aromatic nitrogens is 1. The Morgan fingerprint density at radius 2 is 1.43 bits per heavy atom. The molecular weight excluding hydrogens is 654 g/mol. The van der Waals surface area contributed by atoms with Gasteiger partial charge in [-0.25, -0.2) is 4.79 Å². The molecule has 10 N–H and O–H groups in total. The third kappa shape index (κ3) is 12.7. The van der Waals surface area contributed by atoms with Crippen LogP contribution in [0.25, 0.3) is 10.9 Å². The first-order valence-corrected chi connectivity index (χ1v) is 17.6. The summed E-state index contributed by atoms with van der Waals surface area (Å²) in [6.45, 7) is 7.88. The Balaban J connectivity index is 2.24. The normalized spacial score (nSPS) is 15.1. The average Bonchev–Trinajstić information content (AvgIpc) is 3.45. The summed E-state index contributed by atoms with van der Waals surface area (Å²) in [4.78, 5) is 80.6. The number of thioether (sulfide) groups is 1. The molecule has 2 rings (SSSR count). The van der Waals surface area contributed by atoms with Crippen molar-refractivity contribution in [2.75, 3.05) is 18.6 Å². The quantitative estimate of drug-likeness (QED) is 0.0894. The van der Waals surface area contributed by atoms with Gasteiger partial charge in [0.2, 0.25) is 29.5 Å². The fraction of sp³-hybridized carbons (Fsp3) is 0.576. The van der Waals surface area contributed by atoms with E-state index in [1.54, 1.807) is 26.3 Å². The van der Waals surface area contributed by atoms with Crippen LogP contribution in [-0.4, -0.2) is 106 Å². The van der Waals surface area contributed by atoms with E-state index in [0.29, 0.717) is 17.7 Å². The van der Waals surface area contributed by atoms with E-state index < -0.39 is 78.4 Å². The van der Waals surface area contributed by atoms with E-state index in [2.05, 4.69) is 31.6 Å². The van der Waals surface area contributed by atoms with Gasteiger partial charge in [0.15, 0.2) is 0 Å². The number of fused-ring (bicyclic) bond motifs is 1. The van der Waals surface area contributed by atoms with Crippen molar-refractivity contribution >= 4 is 58.2 Å². The van der Waals surface area contributed by atoms with Crippen molar-refractivity contribution in [2.24, 2.45) is 17.6 Å². The van der Waals surface area contributed by atoms with Gasteiger partial charge in [-0.1, -0.05) is 45.9 Å². The second-order valence-corrected chi connectivity index (χ2v) is 13.7. The minimum Gasteiger partial charge on any atom is -0.480 e. The van der Waals surface area contributed by atoms with Crippen LogP contribution in [0.4, 0.5) is 0 Å². The summed E-state index contributed by atoms with van der Waals surface area (Å²) < 4.78 is 0. The van der Waals surface area contributed by atoms with Crippen molar-refractivity contribution in [3.8, 4) is 0 Å². The van der Waals surface area contributed by atoms with Gasteiger partial charge in [0.25, 0.3) is 0 Å². The number of carboxylic acids is 1. The molecule has 0 saturated heterocycles. The number of aromatic amines is 1. The molecule has 0 aliphatic rings. The predicted octanol–water partition coefficient (Wildman–Crippen LogP) is 0.0137. The van der Waals surface area contributed by atoms with Crippen LogP contribution in [0.5, 0.6) is 0 Å². The maximum absolute atomic E-state index is 13.7. The highest BCUT2D eigenvalue weighted by atomic mass is 32.2. The van der Waals surface area contributed by atoms with Crippen molar-refractivity contribution in [2.45, 2.75) is 90.1 Å². The minimum atomic E-state index is -1.48. The average molecular weight is 706 g/mol. The number of hydrogen-bond acceptors (Lipinski definition) is 9. The van der Waals surface area contributed by atoms with Crippen LogP contribution >= 0.6 is 11.8 Å². The highest BCUT2D eigenvalue weighted by Crippen LogP contribution is 2.19. The van der Waals surface area contributed by atoms with Crippen LogP contribution in [0, 0.1) is 11.8 Å². The number of carbonyl (C=O) groups excluding carboxylic acids is 5. The number of hydrogen-bond donors (Lipinski definition) is 9. The van der Waals surface area contributed by atoms with Gasteiger partial charge in [0.1, 0.15) is 30.2 Å². The van der Waals surface area contributed by atoms with Gasteiger partial charge in [-0.15, -0.1) is 0 Å². The standard InChI is InChI=1S/C33H51N7O8S/c1-17(2)13-22(34)29(43)40-27(18(3)4)32(46)38-25(14-20-15-35-23-10-8-7-9-21(20)23)30(44)36-19(5)28(42)39-26(16-41)31(45)37-24(33(47)48)11-12-49-6/h7-10,15,17-19,22,24-27,35,41H,11-14,16,34H2,1-6H3,(H,36,44)(H,37,45)(H,38,46)(H,39,42)(H,40,43)(H,47,48)/t19-,22-,24-,25-,26-,27-/m0/s1. The van der Waals surface area contributed by atoms with E-state index in [1.165, 1.54) is 18.7 Å². The predicted molar refractivity (Wildman–Crippen MR) is 187 cm³/mol. The lowest BCUT2D eigenvalue weighted by molar-refractivity contribution is -0.142. The zero-order valence-corrected chi connectivity index (χ0v) is 29.7. The number of H-pyrrole nitrogens is 1. The van der Waals surface area contributed by atoms with Crippen molar-refractivity contribution in [1.82, 2.24) is 31.6 Å². The molecule has 0 saturated carbocycles. The van der Waals surface area contributed by atoms with Crippen LogP contribution in [0.3, 0.4) is 0 Å². The number of carbonyl (C=O) groups is 6. The number of aliphatic carboxylic acids is 1. The molecular formula is C33H51N7O8S. The number of carboxylic acid groups (broad SMARTS) is 1. The zero-order chi connectivity index (χ0) is 36.8. The maximum Gasteiger partial charge on any atom is 0.326 e. The number of nitrogens with one attached hydrogen (secondary N) is 6. The van der Waals surface area contributed by atoms with Crippen molar-refractivity contribution in [3.63, 3.8) is 0 Å².